The lowest BCUT2D eigenvalue weighted by Crippen LogP contribution is -2.66. The number of amides is 1. The van der Waals surface area contributed by atoms with Gasteiger partial charge in [-0.25, -0.2) is 0 Å². The highest BCUT2D eigenvalue weighted by Gasteiger charge is 2.50. The Kier molecular flexibility index (Phi) is 5.09. The van der Waals surface area contributed by atoms with Crippen LogP contribution in [0.15, 0.2) is 0 Å². The molecule has 2 aliphatic heterocycles. The highest BCUT2D eigenvalue weighted by Crippen LogP contribution is 2.35. The molecule has 1 amide bonds. The Morgan fingerprint density at radius 3 is 2.33 bits per heavy atom. The monoisotopic (exact) mass is 313 g/mol. The van der Waals surface area contributed by atoms with Gasteiger partial charge in [-0.3, -0.25) is 15.4 Å². The second-order valence-electron chi connectivity index (χ2n) is 6.40. The van der Waals surface area contributed by atoms with Crippen molar-refractivity contribution in [3.63, 3.8) is 0 Å². The molecule has 3 rings (SSSR count). The SMILES string of the molecule is CSOC1CCN(C(=O)C2(C3CCCC3)NCCN2)CC1. The number of carbonyl (C=O) groups is 1. The van der Waals surface area contributed by atoms with Crippen molar-refractivity contribution in [2.75, 3.05) is 32.4 Å². The molecule has 3 aliphatic rings. The van der Waals surface area contributed by atoms with Gasteiger partial charge in [0.15, 0.2) is 5.66 Å². The zero-order chi connectivity index (χ0) is 14.7. The first-order chi connectivity index (χ1) is 10.3. The molecule has 0 aromatic rings. The maximum Gasteiger partial charge on any atom is 0.258 e. The predicted molar refractivity (Wildman–Crippen MR) is 84.9 cm³/mol. The fourth-order valence-electron chi connectivity index (χ4n) is 4.10. The van der Waals surface area contributed by atoms with Crippen LogP contribution in [0.3, 0.4) is 0 Å². The van der Waals surface area contributed by atoms with Gasteiger partial charge in [-0.15, -0.1) is 0 Å². The van der Waals surface area contributed by atoms with E-state index in [-0.39, 0.29) is 5.91 Å². The van der Waals surface area contributed by atoms with Crippen LogP contribution < -0.4 is 10.6 Å². The summed E-state index contributed by atoms with van der Waals surface area (Å²) in [6.07, 6.45) is 9.00. The Morgan fingerprint density at radius 2 is 1.76 bits per heavy atom. The van der Waals surface area contributed by atoms with Crippen LogP contribution in [0.5, 0.6) is 0 Å². The minimum absolute atomic E-state index is 0.273. The number of carbonyl (C=O) groups excluding carboxylic acids is 1. The first-order valence-corrected chi connectivity index (χ1v) is 9.40. The number of hydrogen-bond acceptors (Lipinski definition) is 5. The van der Waals surface area contributed by atoms with Crippen molar-refractivity contribution >= 4 is 17.9 Å². The van der Waals surface area contributed by atoms with Crippen molar-refractivity contribution in [2.24, 2.45) is 5.92 Å². The first-order valence-electron chi connectivity index (χ1n) is 8.25. The fourth-order valence-corrected chi connectivity index (χ4v) is 4.56. The van der Waals surface area contributed by atoms with Crippen molar-refractivity contribution in [1.82, 2.24) is 15.5 Å². The number of nitrogens with one attached hydrogen (secondary N) is 2. The summed E-state index contributed by atoms with van der Waals surface area (Å²) < 4.78 is 5.61. The van der Waals surface area contributed by atoms with E-state index in [2.05, 4.69) is 10.6 Å². The zero-order valence-corrected chi connectivity index (χ0v) is 13.7. The standard InChI is InChI=1S/C15H27N3O2S/c1-21-20-13-6-10-18(11-7-13)14(19)15(16-8-9-17-15)12-4-2-3-5-12/h12-13,16-17H,2-11H2,1H3. The van der Waals surface area contributed by atoms with Crippen molar-refractivity contribution in [2.45, 2.75) is 50.3 Å². The smallest absolute Gasteiger partial charge is 0.258 e. The summed E-state index contributed by atoms with van der Waals surface area (Å²) in [6.45, 7) is 3.44. The van der Waals surface area contributed by atoms with Gasteiger partial charge in [-0.2, -0.15) is 0 Å². The molecule has 0 aromatic carbocycles. The molecule has 1 saturated carbocycles. The maximum absolute atomic E-state index is 13.1. The van der Waals surface area contributed by atoms with Gasteiger partial charge >= 0.3 is 0 Å². The summed E-state index contributed by atoms with van der Waals surface area (Å²) in [5.41, 5.74) is -0.482. The third kappa shape index (κ3) is 3.09. The number of nitrogens with zero attached hydrogens (tertiary/aromatic N) is 1. The van der Waals surface area contributed by atoms with Crippen LogP contribution in [-0.4, -0.2) is 55.0 Å². The van der Waals surface area contributed by atoms with Crippen molar-refractivity contribution in [1.29, 1.82) is 0 Å². The molecule has 2 heterocycles. The molecule has 21 heavy (non-hydrogen) atoms. The molecule has 0 unspecified atom stereocenters. The van der Waals surface area contributed by atoms with Gasteiger partial charge in [-0.05, 0) is 43.6 Å². The summed E-state index contributed by atoms with van der Waals surface area (Å²) in [4.78, 5) is 15.2. The average Bonchev–Trinajstić information content (AvgIpc) is 3.19. The van der Waals surface area contributed by atoms with Gasteiger partial charge in [0.05, 0.1) is 6.10 Å². The van der Waals surface area contributed by atoms with Crippen molar-refractivity contribution in [3.8, 4) is 0 Å². The molecule has 6 heteroatoms. The summed E-state index contributed by atoms with van der Waals surface area (Å²) in [5.74, 6) is 0.724. The number of piperidine rings is 1. The number of likely N-dealkylation sites (tertiary alicyclic amines) is 1. The normalized spacial score (nSPS) is 27.4. The summed E-state index contributed by atoms with van der Waals surface area (Å²) in [6, 6.07) is 0. The molecule has 5 nitrogen and oxygen atoms in total. The lowest BCUT2D eigenvalue weighted by molar-refractivity contribution is -0.143. The average molecular weight is 313 g/mol. The van der Waals surface area contributed by atoms with Gasteiger partial charge in [0.2, 0.25) is 0 Å². The molecular weight excluding hydrogens is 286 g/mol. The summed E-state index contributed by atoms with van der Waals surface area (Å²) in [5, 5.41) is 7.02. The van der Waals surface area contributed by atoms with Crippen molar-refractivity contribution < 1.29 is 8.98 Å². The van der Waals surface area contributed by atoms with Gasteiger partial charge in [0.1, 0.15) is 0 Å². The largest absolute Gasteiger partial charge is 0.340 e. The molecule has 2 saturated heterocycles. The molecule has 0 spiro atoms. The second-order valence-corrected chi connectivity index (χ2v) is 6.92. The topological polar surface area (TPSA) is 53.6 Å². The molecule has 0 radical (unpaired) electrons. The predicted octanol–water partition coefficient (Wildman–Crippen LogP) is 1.35. The van der Waals surface area contributed by atoms with Crippen molar-refractivity contribution in [3.05, 3.63) is 0 Å². The van der Waals surface area contributed by atoms with E-state index < -0.39 is 5.66 Å². The fraction of sp³-hybridized carbons (Fsp3) is 0.933. The van der Waals surface area contributed by atoms with E-state index in [1.165, 1.54) is 24.9 Å². The van der Waals surface area contributed by atoms with E-state index in [4.69, 9.17) is 4.18 Å². The van der Waals surface area contributed by atoms with Gasteiger partial charge < -0.3 is 9.08 Å². The summed E-state index contributed by atoms with van der Waals surface area (Å²) >= 11 is 1.43. The molecule has 0 atom stereocenters. The first kappa shape index (κ1) is 15.6. The van der Waals surface area contributed by atoms with Crippen LogP contribution in [0, 0.1) is 5.92 Å². The number of rotatable bonds is 4. The van der Waals surface area contributed by atoms with E-state index in [9.17, 15) is 4.79 Å². The lowest BCUT2D eigenvalue weighted by atomic mass is 9.89. The minimum atomic E-state index is -0.482. The Hall–Kier alpha value is -0.300. The van der Waals surface area contributed by atoms with E-state index in [0.29, 0.717) is 12.0 Å². The highest BCUT2D eigenvalue weighted by molar-refractivity contribution is 7.93. The molecule has 2 N–H and O–H groups in total. The molecule has 0 aromatic heterocycles. The quantitative estimate of drug-likeness (QED) is 0.768. The summed E-state index contributed by atoms with van der Waals surface area (Å²) in [7, 11) is 0. The van der Waals surface area contributed by atoms with Gasteiger partial charge in [-0.1, -0.05) is 12.8 Å². The van der Waals surface area contributed by atoms with E-state index in [1.54, 1.807) is 0 Å². The second kappa shape index (κ2) is 6.86. The zero-order valence-electron chi connectivity index (χ0n) is 12.9. The molecule has 120 valence electrons. The van der Waals surface area contributed by atoms with Crippen LogP contribution in [0.1, 0.15) is 38.5 Å². The Bertz CT molecular complexity index is 360. The third-order valence-corrected chi connectivity index (χ3v) is 5.66. The minimum Gasteiger partial charge on any atom is -0.340 e. The lowest BCUT2D eigenvalue weighted by Gasteiger charge is -2.41. The third-order valence-electron chi connectivity index (χ3n) is 5.20. The Morgan fingerprint density at radius 1 is 1.14 bits per heavy atom. The van der Waals surface area contributed by atoms with Crippen LogP contribution in [0.4, 0.5) is 0 Å². The molecular formula is C15H27N3O2S. The van der Waals surface area contributed by atoms with Crippen LogP contribution >= 0.6 is 12.0 Å². The van der Waals surface area contributed by atoms with Crippen LogP contribution in [0.25, 0.3) is 0 Å². The van der Waals surface area contributed by atoms with Gasteiger partial charge in [0, 0.05) is 32.4 Å². The van der Waals surface area contributed by atoms with E-state index >= 15 is 0 Å². The van der Waals surface area contributed by atoms with Crippen LogP contribution in [-0.2, 0) is 8.98 Å². The van der Waals surface area contributed by atoms with Crippen LogP contribution in [0.2, 0.25) is 0 Å². The molecule has 3 fully saturated rings. The highest BCUT2D eigenvalue weighted by atomic mass is 32.2. The van der Waals surface area contributed by atoms with E-state index in [1.807, 2.05) is 11.2 Å². The maximum atomic E-state index is 13.1. The Balaban J connectivity index is 1.65. The molecule has 1 aliphatic carbocycles. The molecule has 0 bridgehead atoms. The number of hydrogen-bond donors (Lipinski definition) is 2. The Labute approximate surface area is 131 Å². The van der Waals surface area contributed by atoms with E-state index in [0.717, 1.165) is 51.9 Å². The van der Waals surface area contributed by atoms with Gasteiger partial charge in [0.25, 0.3) is 5.91 Å².